The summed E-state index contributed by atoms with van der Waals surface area (Å²) in [6.07, 6.45) is 1.49. The van der Waals surface area contributed by atoms with Gasteiger partial charge in [-0.25, -0.2) is 18.0 Å². The maximum Gasteiger partial charge on any atom is 0.315 e. The van der Waals surface area contributed by atoms with Gasteiger partial charge in [0.05, 0.1) is 12.2 Å². The van der Waals surface area contributed by atoms with Crippen LogP contribution in [0.15, 0.2) is 12.1 Å². The first kappa shape index (κ1) is 17.8. The van der Waals surface area contributed by atoms with Crippen molar-refractivity contribution in [2.75, 3.05) is 11.9 Å². The van der Waals surface area contributed by atoms with E-state index in [0.717, 1.165) is 18.9 Å². The van der Waals surface area contributed by atoms with Gasteiger partial charge in [0.2, 0.25) is 5.91 Å². The lowest BCUT2D eigenvalue weighted by atomic mass is 10.2. The first-order valence-corrected chi connectivity index (χ1v) is 6.86. The highest BCUT2D eigenvalue weighted by Gasteiger charge is 2.15. The van der Waals surface area contributed by atoms with Crippen LogP contribution in [-0.4, -0.2) is 24.5 Å². The molecule has 0 aliphatic carbocycles. The maximum atomic E-state index is 13.4. The van der Waals surface area contributed by atoms with Crippen LogP contribution in [-0.2, 0) is 4.79 Å². The van der Waals surface area contributed by atoms with Crippen molar-refractivity contribution < 1.29 is 22.8 Å². The number of amides is 3. The van der Waals surface area contributed by atoms with E-state index < -0.39 is 41.6 Å². The van der Waals surface area contributed by atoms with E-state index in [1.54, 1.807) is 0 Å². The second-order valence-corrected chi connectivity index (χ2v) is 4.61. The number of hydrogen-bond donors (Lipinski definition) is 3. The van der Waals surface area contributed by atoms with E-state index in [2.05, 4.69) is 16.0 Å². The number of carbonyl (C=O) groups excluding carboxylic acids is 2. The summed E-state index contributed by atoms with van der Waals surface area (Å²) in [5, 5.41) is 7.00. The van der Waals surface area contributed by atoms with Crippen LogP contribution in [0.5, 0.6) is 0 Å². The summed E-state index contributed by atoms with van der Waals surface area (Å²) in [4.78, 5) is 23.1. The molecule has 3 N–H and O–H groups in total. The van der Waals surface area contributed by atoms with E-state index in [0.29, 0.717) is 6.07 Å². The van der Waals surface area contributed by atoms with Gasteiger partial charge in [0.25, 0.3) is 0 Å². The summed E-state index contributed by atoms with van der Waals surface area (Å²) in [5.74, 6) is -5.27. The summed E-state index contributed by atoms with van der Waals surface area (Å²) < 4.78 is 39.1. The van der Waals surface area contributed by atoms with Gasteiger partial charge >= 0.3 is 6.03 Å². The molecule has 0 spiro atoms. The van der Waals surface area contributed by atoms with Crippen LogP contribution >= 0.6 is 0 Å². The SMILES string of the molecule is CCC(CC)NC(=O)NCC(=O)Nc1ccc(F)c(F)c1F. The van der Waals surface area contributed by atoms with Gasteiger partial charge in [0.1, 0.15) is 0 Å². The Morgan fingerprint density at radius 3 is 2.32 bits per heavy atom. The Balaban J connectivity index is 2.50. The molecule has 1 aromatic carbocycles. The van der Waals surface area contributed by atoms with Crippen molar-refractivity contribution in [3.8, 4) is 0 Å². The molecule has 0 saturated heterocycles. The topological polar surface area (TPSA) is 70.2 Å². The average molecular weight is 317 g/mol. The summed E-state index contributed by atoms with van der Waals surface area (Å²) >= 11 is 0. The van der Waals surface area contributed by atoms with E-state index in [9.17, 15) is 22.8 Å². The predicted molar refractivity (Wildman–Crippen MR) is 75.9 cm³/mol. The normalized spacial score (nSPS) is 10.5. The Bertz CT molecular complexity index is 548. The summed E-state index contributed by atoms with van der Waals surface area (Å²) in [7, 11) is 0. The van der Waals surface area contributed by atoms with Crippen LogP contribution in [0, 0.1) is 17.5 Å². The summed E-state index contributed by atoms with van der Waals surface area (Å²) in [5.41, 5.74) is -0.494. The number of anilines is 1. The van der Waals surface area contributed by atoms with Crippen molar-refractivity contribution in [2.24, 2.45) is 0 Å². The quantitative estimate of drug-likeness (QED) is 0.706. The van der Waals surface area contributed by atoms with Crippen LogP contribution in [0.25, 0.3) is 0 Å². The third-order valence-corrected chi connectivity index (χ3v) is 3.04. The van der Waals surface area contributed by atoms with Crippen LogP contribution in [0.1, 0.15) is 26.7 Å². The Labute approximate surface area is 126 Å². The van der Waals surface area contributed by atoms with Crippen molar-refractivity contribution in [2.45, 2.75) is 32.7 Å². The molecule has 0 heterocycles. The molecule has 0 radical (unpaired) electrons. The smallest absolute Gasteiger partial charge is 0.315 e. The highest BCUT2D eigenvalue weighted by Crippen LogP contribution is 2.19. The fourth-order valence-corrected chi connectivity index (χ4v) is 1.71. The van der Waals surface area contributed by atoms with E-state index in [4.69, 9.17) is 0 Å². The number of rotatable bonds is 6. The number of carbonyl (C=O) groups is 2. The molecule has 0 aromatic heterocycles. The standard InChI is InChI=1S/C14H18F3N3O2/c1-3-8(4-2)19-14(22)18-7-11(21)20-10-6-5-9(15)12(16)13(10)17/h5-6,8H,3-4,7H2,1-2H3,(H,20,21)(H2,18,19,22). The molecule has 0 aliphatic heterocycles. The molecule has 0 unspecified atom stereocenters. The lowest BCUT2D eigenvalue weighted by molar-refractivity contribution is -0.115. The lowest BCUT2D eigenvalue weighted by Crippen LogP contribution is -2.44. The second-order valence-electron chi connectivity index (χ2n) is 4.61. The van der Waals surface area contributed by atoms with Crippen LogP contribution in [0.3, 0.4) is 0 Å². The number of halogens is 3. The molecule has 5 nitrogen and oxygen atoms in total. The molecule has 22 heavy (non-hydrogen) atoms. The number of hydrogen-bond acceptors (Lipinski definition) is 2. The molecule has 8 heteroatoms. The Hall–Kier alpha value is -2.25. The molecule has 0 fully saturated rings. The van der Waals surface area contributed by atoms with Crippen LogP contribution in [0.2, 0.25) is 0 Å². The van der Waals surface area contributed by atoms with Gasteiger partial charge in [0.15, 0.2) is 17.5 Å². The van der Waals surface area contributed by atoms with Crippen molar-refractivity contribution in [1.29, 1.82) is 0 Å². The Kier molecular flexibility index (Phi) is 6.68. The minimum atomic E-state index is -1.67. The zero-order valence-corrected chi connectivity index (χ0v) is 12.3. The molecular weight excluding hydrogens is 299 g/mol. The summed E-state index contributed by atoms with van der Waals surface area (Å²) in [6, 6.07) is 1.05. The molecule has 0 bridgehead atoms. The molecular formula is C14H18F3N3O2. The highest BCUT2D eigenvalue weighted by molar-refractivity contribution is 5.94. The minimum Gasteiger partial charge on any atom is -0.335 e. The average Bonchev–Trinajstić information content (AvgIpc) is 2.51. The molecule has 3 amide bonds. The Morgan fingerprint density at radius 1 is 1.09 bits per heavy atom. The number of nitrogens with one attached hydrogen (secondary N) is 3. The van der Waals surface area contributed by atoms with Gasteiger partial charge in [-0.15, -0.1) is 0 Å². The maximum absolute atomic E-state index is 13.4. The van der Waals surface area contributed by atoms with Crippen molar-refractivity contribution in [3.05, 3.63) is 29.6 Å². The van der Waals surface area contributed by atoms with E-state index in [1.165, 1.54) is 0 Å². The number of benzene rings is 1. The van der Waals surface area contributed by atoms with E-state index in [1.807, 2.05) is 13.8 Å². The van der Waals surface area contributed by atoms with Gasteiger partial charge in [0, 0.05) is 6.04 Å². The van der Waals surface area contributed by atoms with Crippen LogP contribution in [0.4, 0.5) is 23.7 Å². The van der Waals surface area contributed by atoms with Gasteiger partial charge in [-0.2, -0.15) is 0 Å². The van der Waals surface area contributed by atoms with Crippen molar-refractivity contribution in [3.63, 3.8) is 0 Å². The Morgan fingerprint density at radius 2 is 1.73 bits per heavy atom. The van der Waals surface area contributed by atoms with Crippen LogP contribution < -0.4 is 16.0 Å². The molecule has 0 aliphatic rings. The van der Waals surface area contributed by atoms with E-state index in [-0.39, 0.29) is 6.04 Å². The monoisotopic (exact) mass is 317 g/mol. The molecule has 1 aromatic rings. The zero-order chi connectivity index (χ0) is 16.7. The molecule has 0 saturated carbocycles. The zero-order valence-electron chi connectivity index (χ0n) is 12.3. The predicted octanol–water partition coefficient (Wildman–Crippen LogP) is 2.53. The lowest BCUT2D eigenvalue weighted by Gasteiger charge is -2.15. The fraction of sp³-hybridized carbons (Fsp3) is 0.429. The third-order valence-electron chi connectivity index (χ3n) is 3.04. The first-order chi connectivity index (χ1) is 10.4. The van der Waals surface area contributed by atoms with Crippen molar-refractivity contribution >= 4 is 17.6 Å². The summed E-state index contributed by atoms with van der Waals surface area (Å²) in [6.45, 7) is 3.39. The molecule has 0 atom stereocenters. The fourth-order valence-electron chi connectivity index (χ4n) is 1.71. The highest BCUT2D eigenvalue weighted by atomic mass is 19.2. The largest absolute Gasteiger partial charge is 0.335 e. The molecule has 122 valence electrons. The van der Waals surface area contributed by atoms with Gasteiger partial charge in [-0.1, -0.05) is 13.8 Å². The third kappa shape index (κ3) is 4.94. The molecule has 1 rings (SSSR count). The van der Waals surface area contributed by atoms with Gasteiger partial charge in [-0.3, -0.25) is 4.79 Å². The second kappa shape index (κ2) is 8.26. The minimum absolute atomic E-state index is 0.00769. The number of urea groups is 1. The van der Waals surface area contributed by atoms with Gasteiger partial charge in [-0.05, 0) is 25.0 Å². The first-order valence-electron chi connectivity index (χ1n) is 6.86. The van der Waals surface area contributed by atoms with E-state index >= 15 is 0 Å². The van der Waals surface area contributed by atoms with Gasteiger partial charge < -0.3 is 16.0 Å². The van der Waals surface area contributed by atoms with Crippen molar-refractivity contribution in [1.82, 2.24) is 10.6 Å².